The van der Waals surface area contributed by atoms with Crippen LogP contribution in [0.5, 0.6) is 11.5 Å². The molecule has 35 heavy (non-hydrogen) atoms. The van der Waals surface area contributed by atoms with E-state index in [9.17, 15) is 9.90 Å². The predicted octanol–water partition coefficient (Wildman–Crippen LogP) is 4.09. The molecule has 0 atom stereocenters. The number of para-hydroxylation sites is 1. The second-order valence-corrected chi connectivity index (χ2v) is 9.38. The summed E-state index contributed by atoms with van der Waals surface area (Å²) in [7, 11) is 1.41. The van der Waals surface area contributed by atoms with Crippen molar-refractivity contribution in [3.8, 4) is 28.6 Å². The molecular formula is C24H19BrClN5O3S. The van der Waals surface area contributed by atoms with Gasteiger partial charge in [-0.3, -0.25) is 4.79 Å². The molecule has 8 nitrogen and oxygen atoms in total. The van der Waals surface area contributed by atoms with Crippen molar-refractivity contribution in [1.29, 1.82) is 0 Å². The highest BCUT2D eigenvalue weighted by Gasteiger charge is 2.24. The standard InChI is InChI=1S/C24H19BrClN5O3S/c1-34-20-12-15(11-19(25)22(20)33)13-27-28-21(32)14-35-24-30-29-23(16-7-9-17(26)10-8-16)31(24)18-5-3-2-4-6-18/h2-13H,14H2,1H3,(H2,27,28,32,33). The summed E-state index contributed by atoms with van der Waals surface area (Å²) < 4.78 is 7.35. The number of amides is 1. The smallest absolute Gasteiger partial charge is 0.342 e. The van der Waals surface area contributed by atoms with E-state index in [0.717, 1.165) is 17.1 Å². The number of nitrogens with zero attached hydrogens (tertiary/aromatic N) is 3. The fourth-order valence-corrected chi connectivity index (χ4v) is 4.51. The van der Waals surface area contributed by atoms with E-state index in [2.05, 4.69) is 36.7 Å². The number of ether oxygens (including phenoxy) is 1. The number of hydrogen-bond donors (Lipinski definition) is 2. The number of nitrogens with one attached hydrogen (secondary N) is 2. The number of halogens is 2. The normalized spacial score (nSPS) is 11.1. The number of hydrogen-bond acceptors (Lipinski definition) is 6. The Labute approximate surface area is 219 Å². The Kier molecular flexibility index (Phi) is 8.06. The van der Waals surface area contributed by atoms with Crippen LogP contribution < -0.4 is 19.8 Å². The molecule has 1 amide bonds. The number of thioether (sulfide) groups is 1. The van der Waals surface area contributed by atoms with Crippen molar-refractivity contribution in [1.82, 2.24) is 15.6 Å². The van der Waals surface area contributed by atoms with Gasteiger partial charge in [0.25, 0.3) is 11.7 Å². The number of hydrazone groups is 1. The third-order valence-electron chi connectivity index (χ3n) is 4.79. The summed E-state index contributed by atoms with van der Waals surface area (Å²) in [5, 5.41) is 24.6. The summed E-state index contributed by atoms with van der Waals surface area (Å²) >= 11 is 10.5. The third kappa shape index (κ3) is 6.02. The molecule has 0 aliphatic heterocycles. The zero-order chi connectivity index (χ0) is 24.8. The topological polar surface area (TPSA) is 106 Å². The monoisotopic (exact) mass is 571 g/mol. The molecule has 3 aromatic carbocycles. The number of benzene rings is 3. The molecule has 0 aliphatic rings. The van der Waals surface area contributed by atoms with Crippen molar-refractivity contribution in [3.05, 3.63) is 81.8 Å². The summed E-state index contributed by atoms with van der Waals surface area (Å²) in [5.74, 6) is 0.460. The number of carbonyl (C=O) groups is 1. The number of H-pyrrole nitrogens is 1. The lowest BCUT2D eigenvalue weighted by atomic mass is 10.2. The molecule has 0 saturated heterocycles. The second-order valence-electron chi connectivity index (χ2n) is 7.15. The van der Waals surface area contributed by atoms with Crippen molar-refractivity contribution >= 4 is 51.4 Å². The lowest BCUT2D eigenvalue weighted by Crippen LogP contribution is -2.34. The Morgan fingerprint density at radius 3 is 2.71 bits per heavy atom. The third-order valence-corrected chi connectivity index (χ3v) is 6.57. The average molecular weight is 573 g/mol. The van der Waals surface area contributed by atoms with Crippen LogP contribution in [0.4, 0.5) is 0 Å². The Hall–Kier alpha value is -3.34. The molecule has 0 unspecified atom stereocenters. The molecule has 0 radical (unpaired) electrons. The highest BCUT2D eigenvalue weighted by Crippen LogP contribution is 2.32. The maximum Gasteiger partial charge on any atom is 0.342 e. The summed E-state index contributed by atoms with van der Waals surface area (Å²) in [5.41, 5.74) is 4.89. The Morgan fingerprint density at radius 1 is 1.26 bits per heavy atom. The highest BCUT2D eigenvalue weighted by molar-refractivity contribution is 9.10. The molecule has 0 aliphatic carbocycles. The molecule has 0 saturated carbocycles. The first-order chi connectivity index (χ1) is 17.0. The molecule has 1 aromatic heterocycles. The van der Waals surface area contributed by atoms with Crippen LogP contribution in [0.3, 0.4) is 0 Å². The predicted molar refractivity (Wildman–Crippen MR) is 137 cm³/mol. The maximum atomic E-state index is 12.4. The largest absolute Gasteiger partial charge is 0.869 e. The summed E-state index contributed by atoms with van der Waals surface area (Å²) in [6, 6.07) is 20.3. The minimum Gasteiger partial charge on any atom is -0.869 e. The van der Waals surface area contributed by atoms with Crippen molar-refractivity contribution in [2.24, 2.45) is 5.10 Å². The van der Waals surface area contributed by atoms with E-state index in [0.29, 0.717) is 20.2 Å². The van der Waals surface area contributed by atoms with Gasteiger partial charge in [-0.05, 0) is 65.9 Å². The molecule has 4 aromatic rings. The lowest BCUT2D eigenvalue weighted by molar-refractivity contribution is -0.625. The van der Waals surface area contributed by atoms with Crippen molar-refractivity contribution in [2.45, 2.75) is 5.16 Å². The second kappa shape index (κ2) is 11.4. The highest BCUT2D eigenvalue weighted by atomic mass is 79.9. The van der Waals surface area contributed by atoms with Gasteiger partial charge in [0.1, 0.15) is 11.4 Å². The molecule has 4 rings (SSSR count). The number of aromatic nitrogens is 3. The van der Waals surface area contributed by atoms with E-state index < -0.39 is 0 Å². The number of aromatic amines is 1. The molecular weight excluding hydrogens is 554 g/mol. The summed E-state index contributed by atoms with van der Waals surface area (Å²) in [6.45, 7) is 0. The van der Waals surface area contributed by atoms with E-state index in [-0.39, 0.29) is 23.2 Å². The van der Waals surface area contributed by atoms with E-state index in [1.807, 2.05) is 59.2 Å². The van der Waals surface area contributed by atoms with E-state index in [4.69, 9.17) is 16.3 Å². The summed E-state index contributed by atoms with van der Waals surface area (Å²) in [6.07, 6.45) is 1.44. The van der Waals surface area contributed by atoms with E-state index >= 15 is 0 Å². The van der Waals surface area contributed by atoms with Crippen molar-refractivity contribution in [2.75, 3.05) is 12.9 Å². The van der Waals surface area contributed by atoms with Crippen LogP contribution in [0.25, 0.3) is 17.1 Å². The van der Waals surface area contributed by atoms with Gasteiger partial charge in [0, 0.05) is 9.50 Å². The zero-order valence-electron chi connectivity index (χ0n) is 18.4. The SMILES string of the molecule is COc1cc(/C=N/NC(=O)CSc2n[nH]c(-c3ccc(Cl)cc3)[n+]2-c2ccccc2)cc(Br)c1[O-]. The minimum absolute atomic E-state index is 0.0849. The number of carbonyl (C=O) groups excluding carboxylic acids is 1. The minimum atomic E-state index is -0.312. The maximum absolute atomic E-state index is 12.4. The van der Waals surface area contributed by atoms with Gasteiger partial charge in [0.2, 0.25) is 0 Å². The van der Waals surface area contributed by atoms with Crippen LogP contribution in [-0.4, -0.2) is 35.2 Å². The lowest BCUT2D eigenvalue weighted by Gasteiger charge is -2.14. The Morgan fingerprint density at radius 2 is 2.00 bits per heavy atom. The van der Waals surface area contributed by atoms with Crippen molar-refractivity contribution < 1.29 is 19.2 Å². The van der Waals surface area contributed by atoms with Gasteiger partial charge >= 0.3 is 5.16 Å². The number of methoxy groups -OCH3 is 1. The molecule has 2 N–H and O–H groups in total. The number of rotatable bonds is 8. The Balaban J connectivity index is 1.48. The molecule has 11 heteroatoms. The Bertz CT molecular complexity index is 1360. The first kappa shape index (κ1) is 24.8. The average Bonchev–Trinajstić information content (AvgIpc) is 3.29. The fourth-order valence-electron chi connectivity index (χ4n) is 3.17. The first-order valence-electron chi connectivity index (χ1n) is 10.3. The van der Waals surface area contributed by atoms with Gasteiger partial charge in [-0.25, -0.2) is 5.43 Å². The van der Waals surface area contributed by atoms with E-state index in [1.54, 1.807) is 12.1 Å². The molecule has 1 heterocycles. The molecule has 178 valence electrons. The summed E-state index contributed by atoms with van der Waals surface area (Å²) in [4.78, 5) is 12.4. The fraction of sp³-hybridized carbons (Fsp3) is 0.0833. The van der Waals surface area contributed by atoms with Crippen LogP contribution >= 0.6 is 39.3 Å². The van der Waals surface area contributed by atoms with Crippen LogP contribution in [0, 0.1) is 0 Å². The van der Waals surface area contributed by atoms with Gasteiger partial charge < -0.3 is 9.84 Å². The van der Waals surface area contributed by atoms with Gasteiger partial charge in [-0.15, -0.1) is 5.10 Å². The molecule has 0 spiro atoms. The van der Waals surface area contributed by atoms with Crippen LogP contribution in [0.2, 0.25) is 5.02 Å². The van der Waals surface area contributed by atoms with Gasteiger partial charge in [0.15, 0.2) is 0 Å². The van der Waals surface area contributed by atoms with Gasteiger partial charge in [-0.1, -0.05) is 51.5 Å². The van der Waals surface area contributed by atoms with Gasteiger partial charge in [0.05, 0.1) is 29.7 Å². The molecule has 0 fully saturated rings. The van der Waals surface area contributed by atoms with Crippen LogP contribution in [0.15, 0.2) is 81.5 Å². The van der Waals surface area contributed by atoms with E-state index in [1.165, 1.54) is 25.1 Å². The van der Waals surface area contributed by atoms with Crippen molar-refractivity contribution in [3.63, 3.8) is 0 Å². The van der Waals surface area contributed by atoms with Crippen LogP contribution in [-0.2, 0) is 4.79 Å². The van der Waals surface area contributed by atoms with Crippen LogP contribution in [0.1, 0.15) is 5.56 Å². The molecule has 0 bridgehead atoms. The van der Waals surface area contributed by atoms with Gasteiger partial charge in [-0.2, -0.15) is 9.67 Å². The zero-order valence-corrected chi connectivity index (χ0v) is 21.5. The quantitative estimate of drug-likeness (QED) is 0.143. The first-order valence-corrected chi connectivity index (χ1v) is 12.4.